The molecule has 8 nitrogen and oxygen atoms in total. The smallest absolute Gasteiger partial charge is 0.306 e. The van der Waals surface area contributed by atoms with Gasteiger partial charge in [-0.3, -0.25) is 19.3 Å². The van der Waals surface area contributed by atoms with Crippen LogP contribution in [0.4, 0.5) is 0 Å². The van der Waals surface area contributed by atoms with Gasteiger partial charge in [-0.25, -0.2) is 0 Å². The molecular weight excluding hydrogens is 448 g/mol. The first-order chi connectivity index (χ1) is 16.9. The van der Waals surface area contributed by atoms with E-state index in [1.165, 1.54) is 13.2 Å². The Labute approximate surface area is 204 Å². The molecule has 2 aromatic rings. The molecule has 2 aliphatic heterocycles. The predicted octanol–water partition coefficient (Wildman–Crippen LogP) is 3.35. The van der Waals surface area contributed by atoms with Gasteiger partial charge in [0.25, 0.3) is 5.56 Å². The normalized spacial score (nSPS) is 23.5. The number of rotatable bonds is 6. The number of methoxy groups -OCH3 is 1. The lowest BCUT2D eigenvalue weighted by Gasteiger charge is -2.42. The standard InChI is InChI=1S/C27H34N2O6/c1-34-25(32)12-21(18-6-3-2-4-7-18)27-26(33)23(30)11-20(35-27)16-28-13-17-10-19(15-28)22-8-5-9-24(31)29(22)14-17/h5,8-9,11,17-19,21,33H,2-4,6-7,10,12-16H2,1H3/t17-,19+,21-/m1/s1. The van der Waals surface area contributed by atoms with Crippen molar-refractivity contribution in [2.45, 2.75) is 69.9 Å². The summed E-state index contributed by atoms with van der Waals surface area (Å²) in [4.78, 5) is 39.6. The van der Waals surface area contributed by atoms with E-state index in [2.05, 4.69) is 4.90 Å². The second-order valence-corrected chi connectivity index (χ2v) is 10.5. The number of aromatic hydroxyl groups is 1. The highest BCUT2D eigenvalue weighted by Crippen LogP contribution is 2.41. The van der Waals surface area contributed by atoms with E-state index in [1.807, 2.05) is 16.7 Å². The van der Waals surface area contributed by atoms with Gasteiger partial charge < -0.3 is 18.8 Å². The van der Waals surface area contributed by atoms with Crippen LogP contribution < -0.4 is 11.0 Å². The van der Waals surface area contributed by atoms with Crippen LogP contribution in [-0.2, 0) is 22.6 Å². The molecule has 1 N–H and O–H groups in total. The van der Waals surface area contributed by atoms with Crippen molar-refractivity contribution in [3.63, 3.8) is 0 Å². The number of ether oxygens (including phenoxy) is 1. The summed E-state index contributed by atoms with van der Waals surface area (Å²) < 4.78 is 13.0. The number of pyridine rings is 1. The van der Waals surface area contributed by atoms with Crippen LogP contribution in [0.25, 0.3) is 0 Å². The largest absolute Gasteiger partial charge is 0.502 e. The molecule has 0 unspecified atom stereocenters. The first-order valence-electron chi connectivity index (χ1n) is 12.8. The molecule has 2 bridgehead atoms. The lowest BCUT2D eigenvalue weighted by atomic mass is 9.77. The predicted molar refractivity (Wildman–Crippen MR) is 129 cm³/mol. The van der Waals surface area contributed by atoms with Crippen LogP contribution in [0.15, 0.2) is 38.3 Å². The minimum Gasteiger partial charge on any atom is -0.502 e. The minimum absolute atomic E-state index is 0.0548. The molecule has 0 aromatic carbocycles. The van der Waals surface area contributed by atoms with Gasteiger partial charge in [0.1, 0.15) is 5.76 Å². The number of fused-ring (bicyclic) bond motifs is 4. The Morgan fingerprint density at radius 1 is 1.17 bits per heavy atom. The van der Waals surface area contributed by atoms with E-state index in [0.29, 0.717) is 24.8 Å². The Morgan fingerprint density at radius 3 is 2.74 bits per heavy atom. The van der Waals surface area contributed by atoms with Gasteiger partial charge in [0, 0.05) is 49.3 Å². The van der Waals surface area contributed by atoms with Crippen LogP contribution in [0.2, 0.25) is 0 Å². The van der Waals surface area contributed by atoms with Crippen molar-refractivity contribution in [3.05, 3.63) is 62.1 Å². The molecule has 2 fully saturated rings. The van der Waals surface area contributed by atoms with Gasteiger partial charge in [0.2, 0.25) is 11.2 Å². The average molecular weight is 483 g/mol. The summed E-state index contributed by atoms with van der Waals surface area (Å²) in [5.74, 6) is 0.361. The fraction of sp³-hybridized carbons (Fsp3) is 0.593. The third kappa shape index (κ3) is 4.94. The molecule has 4 heterocycles. The number of hydrogen-bond acceptors (Lipinski definition) is 7. The van der Waals surface area contributed by atoms with Crippen molar-refractivity contribution in [1.82, 2.24) is 9.47 Å². The summed E-state index contributed by atoms with van der Waals surface area (Å²) in [5, 5.41) is 10.7. The third-order valence-electron chi connectivity index (χ3n) is 8.10. The molecule has 35 heavy (non-hydrogen) atoms. The molecule has 1 aliphatic carbocycles. The summed E-state index contributed by atoms with van der Waals surface area (Å²) in [7, 11) is 1.35. The Bertz CT molecular complexity index is 1190. The van der Waals surface area contributed by atoms with Crippen LogP contribution in [0.3, 0.4) is 0 Å². The number of nitrogens with zero attached hydrogens (tertiary/aromatic N) is 2. The number of carbonyl (C=O) groups is 1. The molecule has 3 atom stereocenters. The lowest BCUT2D eigenvalue weighted by Crippen LogP contribution is -2.46. The van der Waals surface area contributed by atoms with Crippen molar-refractivity contribution < 1.29 is 19.1 Å². The van der Waals surface area contributed by atoms with Crippen molar-refractivity contribution in [2.24, 2.45) is 11.8 Å². The van der Waals surface area contributed by atoms with Gasteiger partial charge in [-0.1, -0.05) is 25.3 Å². The van der Waals surface area contributed by atoms with Crippen LogP contribution in [-0.4, -0.2) is 40.7 Å². The Balaban J connectivity index is 1.40. The summed E-state index contributed by atoms with van der Waals surface area (Å²) in [6.07, 6.45) is 6.28. The maximum atomic E-state index is 12.8. The number of aromatic nitrogens is 1. The van der Waals surface area contributed by atoms with Crippen molar-refractivity contribution >= 4 is 5.97 Å². The molecule has 5 rings (SSSR count). The summed E-state index contributed by atoms with van der Waals surface area (Å²) in [5.41, 5.74) is 0.655. The number of hydrogen-bond donors (Lipinski definition) is 1. The SMILES string of the molecule is COC(=O)C[C@@H](c1oc(CN2C[C@H]3C[C@@H](C2)c2cccc(=O)n2C3)cc(=O)c1O)C1CCCCC1. The molecule has 2 aromatic heterocycles. The maximum absolute atomic E-state index is 12.8. The maximum Gasteiger partial charge on any atom is 0.306 e. The molecule has 188 valence electrons. The quantitative estimate of drug-likeness (QED) is 0.630. The highest BCUT2D eigenvalue weighted by atomic mass is 16.5. The van der Waals surface area contributed by atoms with E-state index in [-0.39, 0.29) is 41.5 Å². The van der Waals surface area contributed by atoms with Crippen LogP contribution in [0, 0.1) is 11.8 Å². The summed E-state index contributed by atoms with van der Waals surface area (Å²) in [6, 6.07) is 6.85. The fourth-order valence-electron chi connectivity index (χ4n) is 6.50. The molecule has 0 spiro atoms. The van der Waals surface area contributed by atoms with Crippen molar-refractivity contribution in [1.29, 1.82) is 0 Å². The van der Waals surface area contributed by atoms with Crippen LogP contribution in [0.5, 0.6) is 5.75 Å². The number of likely N-dealkylation sites (tertiary alicyclic amines) is 1. The van der Waals surface area contributed by atoms with Gasteiger partial charge in [-0.2, -0.15) is 0 Å². The zero-order chi connectivity index (χ0) is 24.5. The van der Waals surface area contributed by atoms with E-state index in [9.17, 15) is 19.5 Å². The van der Waals surface area contributed by atoms with E-state index in [4.69, 9.17) is 9.15 Å². The topological polar surface area (TPSA) is 102 Å². The second-order valence-electron chi connectivity index (χ2n) is 10.5. The van der Waals surface area contributed by atoms with Gasteiger partial charge >= 0.3 is 5.97 Å². The average Bonchev–Trinajstić information content (AvgIpc) is 2.86. The van der Waals surface area contributed by atoms with Gasteiger partial charge in [-0.05, 0) is 37.2 Å². The summed E-state index contributed by atoms with van der Waals surface area (Å²) in [6.45, 7) is 2.73. The van der Waals surface area contributed by atoms with Gasteiger partial charge in [-0.15, -0.1) is 0 Å². The Kier molecular flexibility index (Phi) is 6.82. The van der Waals surface area contributed by atoms with Gasteiger partial charge in [0.05, 0.1) is 20.1 Å². The Morgan fingerprint density at radius 2 is 1.97 bits per heavy atom. The number of esters is 1. The molecule has 0 radical (unpaired) electrons. The third-order valence-corrected chi connectivity index (χ3v) is 8.10. The molecule has 1 saturated heterocycles. The van der Waals surface area contributed by atoms with E-state index >= 15 is 0 Å². The van der Waals surface area contributed by atoms with E-state index in [0.717, 1.165) is 57.3 Å². The van der Waals surface area contributed by atoms with Crippen LogP contribution in [0.1, 0.15) is 74.0 Å². The van der Waals surface area contributed by atoms with Crippen LogP contribution >= 0.6 is 0 Å². The lowest BCUT2D eigenvalue weighted by molar-refractivity contribution is -0.141. The zero-order valence-corrected chi connectivity index (χ0v) is 20.3. The highest BCUT2D eigenvalue weighted by Gasteiger charge is 2.36. The minimum atomic E-state index is -0.471. The molecular formula is C27H34N2O6. The monoisotopic (exact) mass is 482 g/mol. The molecule has 1 saturated carbocycles. The first kappa shape index (κ1) is 23.9. The number of piperidine rings is 1. The van der Waals surface area contributed by atoms with E-state index < -0.39 is 11.2 Å². The van der Waals surface area contributed by atoms with Crippen molar-refractivity contribution in [2.75, 3.05) is 20.2 Å². The number of carbonyl (C=O) groups excluding carboxylic acids is 1. The van der Waals surface area contributed by atoms with Crippen molar-refractivity contribution in [3.8, 4) is 5.75 Å². The summed E-state index contributed by atoms with van der Waals surface area (Å²) >= 11 is 0. The molecule has 3 aliphatic rings. The Hall–Kier alpha value is -2.87. The zero-order valence-electron chi connectivity index (χ0n) is 20.3. The highest BCUT2D eigenvalue weighted by molar-refractivity contribution is 5.70. The van der Waals surface area contributed by atoms with Gasteiger partial charge in [0.15, 0.2) is 5.76 Å². The molecule has 0 amide bonds. The fourth-order valence-corrected chi connectivity index (χ4v) is 6.50. The first-order valence-corrected chi connectivity index (χ1v) is 12.8. The molecule has 8 heteroatoms. The van der Waals surface area contributed by atoms with E-state index in [1.54, 1.807) is 6.07 Å². The second kappa shape index (κ2) is 10.0.